The molecule has 0 atom stereocenters. The Balaban J connectivity index is 2.39. The summed E-state index contributed by atoms with van der Waals surface area (Å²) in [6, 6.07) is 16.1. The zero-order valence-electron chi connectivity index (χ0n) is 14.3. The van der Waals surface area contributed by atoms with E-state index in [4.69, 9.17) is 4.52 Å². The van der Waals surface area contributed by atoms with Crippen LogP contribution in [0, 0.1) is 0 Å². The van der Waals surface area contributed by atoms with E-state index in [1.54, 1.807) is 28.8 Å². The van der Waals surface area contributed by atoms with Gasteiger partial charge in [0.2, 0.25) is 0 Å². The summed E-state index contributed by atoms with van der Waals surface area (Å²) in [5.74, 6) is -0.0282. The van der Waals surface area contributed by atoms with Gasteiger partial charge in [-0.3, -0.25) is 19.1 Å². The molecular weight excluding hydrogens is 353 g/mol. The largest absolute Gasteiger partial charge is 0.524 e. The summed E-state index contributed by atoms with van der Waals surface area (Å²) in [5, 5.41) is 0.491. The lowest BCUT2D eigenvalue weighted by Crippen LogP contribution is -2.24. The molecule has 7 heteroatoms. The Kier molecular flexibility index (Phi) is 5.28. The van der Waals surface area contributed by atoms with Crippen LogP contribution in [0.15, 0.2) is 59.4 Å². The van der Waals surface area contributed by atoms with Crippen LogP contribution in [-0.4, -0.2) is 14.4 Å². The smallest absolute Gasteiger partial charge is 0.403 e. The molecule has 2 N–H and O–H groups in total. The molecule has 0 aliphatic carbocycles. The molecule has 0 unspecified atom stereocenters. The van der Waals surface area contributed by atoms with Crippen molar-refractivity contribution in [3.63, 3.8) is 0 Å². The van der Waals surface area contributed by atoms with Gasteiger partial charge in [0.15, 0.2) is 0 Å². The van der Waals surface area contributed by atoms with Gasteiger partial charge in [-0.1, -0.05) is 43.7 Å². The van der Waals surface area contributed by atoms with Crippen molar-refractivity contribution in [2.45, 2.75) is 26.2 Å². The summed E-state index contributed by atoms with van der Waals surface area (Å²) in [6.07, 6.45) is 1.93. The highest BCUT2D eigenvalue weighted by molar-refractivity contribution is 7.46. The zero-order chi connectivity index (χ0) is 18.7. The number of hydrogen-bond acceptors (Lipinski definition) is 3. The Bertz CT molecular complexity index is 1020. The fourth-order valence-corrected chi connectivity index (χ4v) is 3.44. The molecule has 26 heavy (non-hydrogen) atoms. The van der Waals surface area contributed by atoms with E-state index in [2.05, 4.69) is 0 Å². The summed E-state index contributed by atoms with van der Waals surface area (Å²) in [5.41, 5.74) is 1.17. The molecule has 0 radical (unpaired) electrons. The first-order valence-corrected chi connectivity index (χ1v) is 9.92. The second kappa shape index (κ2) is 7.46. The third-order valence-electron chi connectivity index (χ3n) is 4.13. The van der Waals surface area contributed by atoms with Crippen molar-refractivity contribution in [2.24, 2.45) is 0 Å². The van der Waals surface area contributed by atoms with Gasteiger partial charge in [-0.25, -0.2) is 4.57 Å². The van der Waals surface area contributed by atoms with Gasteiger partial charge in [0.25, 0.3) is 5.56 Å². The predicted octanol–water partition coefficient (Wildman–Crippen LogP) is 3.80. The Hall–Kier alpha value is -2.40. The maximum absolute atomic E-state index is 13.2. The number of fused-ring (bicyclic) bond motifs is 1. The molecule has 0 fully saturated rings. The van der Waals surface area contributed by atoms with Crippen molar-refractivity contribution < 1.29 is 18.9 Å². The van der Waals surface area contributed by atoms with Gasteiger partial charge in [-0.05, 0) is 37.1 Å². The monoisotopic (exact) mass is 373 g/mol. The Labute approximate surface area is 150 Å². The molecule has 2 aromatic carbocycles. The van der Waals surface area contributed by atoms with Gasteiger partial charge >= 0.3 is 7.82 Å². The number of para-hydroxylation sites is 2. The van der Waals surface area contributed by atoms with E-state index in [9.17, 15) is 19.1 Å². The lowest BCUT2D eigenvalue weighted by atomic mass is 10.0. The normalized spacial score (nSPS) is 11.7. The minimum atomic E-state index is -4.81. The van der Waals surface area contributed by atoms with E-state index in [0.717, 1.165) is 6.42 Å². The number of benzene rings is 2. The molecular formula is C19H20NO5P. The van der Waals surface area contributed by atoms with E-state index >= 15 is 0 Å². The molecule has 3 aromatic rings. The molecule has 0 saturated carbocycles. The molecule has 0 aliphatic rings. The van der Waals surface area contributed by atoms with E-state index in [1.807, 2.05) is 37.3 Å². The molecule has 0 saturated heterocycles. The first kappa shape index (κ1) is 18.4. The second-order valence-corrected chi connectivity index (χ2v) is 7.15. The molecule has 1 aromatic heterocycles. The van der Waals surface area contributed by atoms with Crippen molar-refractivity contribution in [2.75, 3.05) is 0 Å². The Morgan fingerprint density at radius 2 is 1.69 bits per heavy atom. The Morgan fingerprint density at radius 3 is 2.35 bits per heavy atom. The van der Waals surface area contributed by atoms with Crippen LogP contribution >= 0.6 is 7.82 Å². The van der Waals surface area contributed by atoms with Crippen LogP contribution in [0.5, 0.6) is 5.75 Å². The third-order valence-corrected chi connectivity index (χ3v) is 4.55. The number of rotatable bonds is 6. The van der Waals surface area contributed by atoms with Crippen LogP contribution < -0.4 is 10.1 Å². The van der Waals surface area contributed by atoms with E-state index < -0.39 is 7.82 Å². The number of aromatic nitrogens is 1. The van der Waals surface area contributed by atoms with Crippen LogP contribution in [0.1, 0.15) is 25.3 Å². The van der Waals surface area contributed by atoms with Crippen LogP contribution in [0.25, 0.3) is 16.6 Å². The van der Waals surface area contributed by atoms with Crippen molar-refractivity contribution in [3.8, 4) is 11.4 Å². The van der Waals surface area contributed by atoms with E-state index in [0.29, 0.717) is 29.4 Å². The second-order valence-electron chi connectivity index (χ2n) is 5.99. The molecule has 3 rings (SSSR count). The molecule has 0 amide bonds. The van der Waals surface area contributed by atoms with Crippen LogP contribution in [-0.2, 0) is 11.0 Å². The topological polar surface area (TPSA) is 88.8 Å². The van der Waals surface area contributed by atoms with Gasteiger partial charge in [-0.15, -0.1) is 0 Å². The minimum absolute atomic E-state index is 0.0282. The van der Waals surface area contributed by atoms with Crippen LogP contribution in [0.3, 0.4) is 0 Å². The van der Waals surface area contributed by atoms with Gasteiger partial charge in [0.05, 0.1) is 11.1 Å². The van der Waals surface area contributed by atoms with Crippen LogP contribution in [0.2, 0.25) is 0 Å². The van der Waals surface area contributed by atoms with Gasteiger partial charge < -0.3 is 4.52 Å². The standard InChI is InChI=1S/C19H20NO5P/c1-2-3-11-16-18(25-26(22,23)24)15-12-7-8-13-17(15)20(19(16)21)14-9-5-4-6-10-14/h4-10,12-13H,2-3,11H2,1H3,(H2,22,23,24). The fourth-order valence-electron chi connectivity index (χ4n) is 3.00. The maximum Gasteiger partial charge on any atom is 0.524 e. The number of nitrogens with zero attached hydrogens (tertiary/aromatic N) is 1. The van der Waals surface area contributed by atoms with E-state index in [1.165, 1.54) is 0 Å². The molecule has 0 aliphatic heterocycles. The highest BCUT2D eigenvalue weighted by Crippen LogP contribution is 2.42. The Morgan fingerprint density at radius 1 is 1.04 bits per heavy atom. The predicted molar refractivity (Wildman–Crippen MR) is 101 cm³/mol. The van der Waals surface area contributed by atoms with Crippen molar-refractivity contribution >= 4 is 18.7 Å². The number of phosphoric ester groups is 1. The molecule has 6 nitrogen and oxygen atoms in total. The average Bonchev–Trinajstić information content (AvgIpc) is 2.61. The van der Waals surface area contributed by atoms with Gasteiger partial charge in [0, 0.05) is 11.1 Å². The van der Waals surface area contributed by atoms with Crippen LogP contribution in [0.4, 0.5) is 0 Å². The fraction of sp³-hybridized carbons (Fsp3) is 0.211. The lowest BCUT2D eigenvalue weighted by Gasteiger charge is -2.18. The number of unbranched alkanes of at least 4 members (excludes halogenated alkanes) is 1. The summed E-state index contributed by atoms with van der Waals surface area (Å²) in [6.45, 7) is 1.99. The summed E-state index contributed by atoms with van der Waals surface area (Å²) < 4.78 is 18.0. The number of phosphoric acid groups is 1. The van der Waals surface area contributed by atoms with Crippen molar-refractivity contribution in [1.29, 1.82) is 0 Å². The maximum atomic E-state index is 13.2. The summed E-state index contributed by atoms with van der Waals surface area (Å²) >= 11 is 0. The SMILES string of the molecule is CCCCc1c(OP(=O)(O)O)c2ccccc2n(-c2ccccc2)c1=O. The van der Waals surface area contributed by atoms with Gasteiger partial charge in [-0.2, -0.15) is 0 Å². The molecule has 0 spiro atoms. The van der Waals surface area contributed by atoms with Crippen molar-refractivity contribution in [3.05, 3.63) is 70.5 Å². The molecule has 1 heterocycles. The highest BCUT2D eigenvalue weighted by Gasteiger charge is 2.24. The number of pyridine rings is 1. The summed E-state index contributed by atoms with van der Waals surface area (Å²) in [4.78, 5) is 31.9. The zero-order valence-corrected chi connectivity index (χ0v) is 15.2. The first-order valence-electron chi connectivity index (χ1n) is 8.39. The quantitative estimate of drug-likeness (QED) is 0.642. The average molecular weight is 373 g/mol. The summed E-state index contributed by atoms with van der Waals surface area (Å²) in [7, 11) is -4.81. The minimum Gasteiger partial charge on any atom is -0.403 e. The lowest BCUT2D eigenvalue weighted by molar-refractivity contribution is 0.283. The molecule has 136 valence electrons. The molecule has 0 bridgehead atoms. The first-order chi connectivity index (χ1) is 12.4. The third kappa shape index (κ3) is 3.73. The van der Waals surface area contributed by atoms with Crippen molar-refractivity contribution in [1.82, 2.24) is 4.57 Å². The number of hydrogen-bond donors (Lipinski definition) is 2. The highest BCUT2D eigenvalue weighted by atomic mass is 31.2. The van der Waals surface area contributed by atoms with Gasteiger partial charge in [0.1, 0.15) is 5.75 Å². The van der Waals surface area contributed by atoms with E-state index in [-0.39, 0.29) is 16.9 Å².